The van der Waals surface area contributed by atoms with E-state index in [-0.39, 0.29) is 11.3 Å². The van der Waals surface area contributed by atoms with E-state index >= 15 is 0 Å². The van der Waals surface area contributed by atoms with E-state index in [2.05, 4.69) is 28.7 Å². The van der Waals surface area contributed by atoms with Crippen molar-refractivity contribution in [3.8, 4) is 0 Å². The van der Waals surface area contributed by atoms with E-state index in [1.165, 1.54) is 11.3 Å². The number of fused-ring (bicyclic) bond motifs is 1. The largest absolute Gasteiger partial charge is 0.353 e. The Bertz CT molecular complexity index is 891. The molecule has 6 nitrogen and oxygen atoms in total. The van der Waals surface area contributed by atoms with Gasteiger partial charge in [0.2, 0.25) is 5.91 Å². The van der Waals surface area contributed by atoms with Gasteiger partial charge in [-0.15, -0.1) is 0 Å². The number of amides is 1. The number of aromatic nitrogens is 2. The van der Waals surface area contributed by atoms with Crippen molar-refractivity contribution in [1.29, 1.82) is 0 Å². The molecular formula is C22H28ClN5O. The maximum Gasteiger partial charge on any atom is 0.239 e. The van der Waals surface area contributed by atoms with Crippen molar-refractivity contribution >= 4 is 23.3 Å². The average molecular weight is 414 g/mol. The van der Waals surface area contributed by atoms with Gasteiger partial charge in [0.05, 0.1) is 6.04 Å². The molecule has 0 unspecified atom stereocenters. The monoisotopic (exact) mass is 413 g/mol. The van der Waals surface area contributed by atoms with Gasteiger partial charge in [0.1, 0.15) is 12.1 Å². The summed E-state index contributed by atoms with van der Waals surface area (Å²) < 4.78 is 0. The fourth-order valence-corrected chi connectivity index (χ4v) is 4.55. The van der Waals surface area contributed by atoms with Crippen LogP contribution < -0.4 is 10.6 Å². The minimum Gasteiger partial charge on any atom is -0.353 e. The molecule has 1 aliphatic carbocycles. The molecule has 4 rings (SSSR count). The molecule has 1 amide bonds. The molecular weight excluding hydrogens is 386 g/mol. The Labute approximate surface area is 177 Å². The molecule has 2 heterocycles. The average Bonchev–Trinajstić information content (AvgIpc) is 3.04. The second-order valence-electron chi connectivity index (χ2n) is 8.65. The second kappa shape index (κ2) is 7.92. The normalized spacial score (nSPS) is 19.2. The highest BCUT2D eigenvalue weighted by Crippen LogP contribution is 2.42. The van der Waals surface area contributed by atoms with Gasteiger partial charge in [-0.3, -0.25) is 4.79 Å². The summed E-state index contributed by atoms with van der Waals surface area (Å²) in [6.45, 7) is 7.37. The Hall–Kier alpha value is -2.18. The maximum atomic E-state index is 12.8. The fraction of sp³-hybridized carbons (Fsp3) is 0.500. The second-order valence-corrected chi connectivity index (χ2v) is 9.09. The molecule has 2 N–H and O–H groups in total. The highest BCUT2D eigenvalue weighted by atomic mass is 35.5. The zero-order valence-electron chi connectivity index (χ0n) is 17.1. The lowest BCUT2D eigenvalue weighted by molar-refractivity contribution is -0.132. The summed E-state index contributed by atoms with van der Waals surface area (Å²) in [5.41, 5.74) is 9.78. The number of piperazine rings is 1. The van der Waals surface area contributed by atoms with E-state index in [9.17, 15) is 4.79 Å². The fourth-order valence-electron chi connectivity index (χ4n) is 4.42. The first-order chi connectivity index (χ1) is 13.8. The highest BCUT2D eigenvalue weighted by Gasteiger charge is 2.36. The number of anilines is 1. The van der Waals surface area contributed by atoms with Gasteiger partial charge in [0.25, 0.3) is 0 Å². The summed E-state index contributed by atoms with van der Waals surface area (Å²) in [6, 6.07) is 6.96. The van der Waals surface area contributed by atoms with E-state index in [1.54, 1.807) is 6.33 Å². The van der Waals surface area contributed by atoms with Crippen LogP contribution >= 0.6 is 11.6 Å². The van der Waals surface area contributed by atoms with Crippen LogP contribution in [-0.2, 0) is 23.1 Å². The third-order valence-corrected chi connectivity index (χ3v) is 6.40. The van der Waals surface area contributed by atoms with Crippen LogP contribution in [0.3, 0.4) is 0 Å². The number of halogens is 1. The first-order valence-electron chi connectivity index (χ1n) is 10.2. The summed E-state index contributed by atoms with van der Waals surface area (Å²) in [5, 5.41) is 0.684. The van der Waals surface area contributed by atoms with Crippen molar-refractivity contribution in [3.05, 3.63) is 52.4 Å². The van der Waals surface area contributed by atoms with Crippen LogP contribution in [0.1, 0.15) is 37.1 Å². The van der Waals surface area contributed by atoms with Crippen LogP contribution in [-0.4, -0.2) is 53.0 Å². The molecule has 7 heteroatoms. The predicted molar refractivity (Wildman–Crippen MR) is 115 cm³/mol. The standard InChI is InChI=1S/C22H28ClN5O/c1-22(2)8-7-18-19(22)20(26-14-25-18)27-9-11-28(12-10-27)21(29)17(24)13-15-3-5-16(23)6-4-15/h3-6,14,17H,7-13,24H2,1-2H3/t17-/m1/s1. The molecule has 0 spiro atoms. The summed E-state index contributed by atoms with van der Waals surface area (Å²) >= 11 is 5.93. The number of rotatable bonds is 4. The molecule has 2 aromatic rings. The van der Waals surface area contributed by atoms with E-state index < -0.39 is 6.04 Å². The minimum absolute atomic E-state index is 0.00727. The molecule has 1 saturated heterocycles. The molecule has 0 saturated carbocycles. The van der Waals surface area contributed by atoms with Crippen LogP contribution in [0, 0.1) is 0 Å². The number of aryl methyl sites for hydroxylation is 1. The quantitative estimate of drug-likeness (QED) is 0.833. The van der Waals surface area contributed by atoms with Gasteiger partial charge < -0.3 is 15.5 Å². The molecule has 1 aliphatic heterocycles. The van der Waals surface area contributed by atoms with Crippen LogP contribution in [0.4, 0.5) is 5.82 Å². The third-order valence-electron chi connectivity index (χ3n) is 6.15. The Balaban J connectivity index is 1.39. The molecule has 0 bridgehead atoms. The van der Waals surface area contributed by atoms with Gasteiger partial charge in [-0.05, 0) is 42.4 Å². The first kappa shape index (κ1) is 20.1. The van der Waals surface area contributed by atoms with Crippen LogP contribution in [0.2, 0.25) is 5.02 Å². The summed E-state index contributed by atoms with van der Waals surface area (Å²) in [4.78, 5) is 26.1. The molecule has 154 valence electrons. The lowest BCUT2D eigenvalue weighted by Gasteiger charge is -2.38. The predicted octanol–water partition coefficient (Wildman–Crippen LogP) is 2.57. The molecule has 1 aromatic carbocycles. The van der Waals surface area contributed by atoms with Crippen LogP contribution in [0.15, 0.2) is 30.6 Å². The van der Waals surface area contributed by atoms with Crippen molar-refractivity contribution in [2.45, 2.75) is 44.6 Å². The van der Waals surface area contributed by atoms with Crippen molar-refractivity contribution in [3.63, 3.8) is 0 Å². The van der Waals surface area contributed by atoms with Gasteiger partial charge >= 0.3 is 0 Å². The maximum absolute atomic E-state index is 12.8. The zero-order valence-corrected chi connectivity index (χ0v) is 17.8. The van der Waals surface area contributed by atoms with Crippen LogP contribution in [0.25, 0.3) is 0 Å². The number of hydrogen-bond donors (Lipinski definition) is 1. The van der Waals surface area contributed by atoms with Gasteiger partial charge in [0.15, 0.2) is 0 Å². The topological polar surface area (TPSA) is 75.4 Å². The zero-order chi connectivity index (χ0) is 20.6. The smallest absolute Gasteiger partial charge is 0.239 e. The Morgan fingerprint density at radius 1 is 1.17 bits per heavy atom. The first-order valence-corrected chi connectivity index (χ1v) is 10.6. The Morgan fingerprint density at radius 2 is 1.86 bits per heavy atom. The molecule has 2 aliphatic rings. The van der Waals surface area contributed by atoms with Gasteiger partial charge in [-0.1, -0.05) is 37.6 Å². The number of hydrogen-bond acceptors (Lipinski definition) is 5. The molecule has 29 heavy (non-hydrogen) atoms. The molecule has 1 atom stereocenters. The summed E-state index contributed by atoms with van der Waals surface area (Å²) in [7, 11) is 0. The molecule has 1 fully saturated rings. The number of carbonyl (C=O) groups is 1. The number of nitrogens with two attached hydrogens (primary N) is 1. The Kier molecular flexibility index (Phi) is 5.49. The molecule has 1 aromatic heterocycles. The van der Waals surface area contributed by atoms with Crippen LogP contribution in [0.5, 0.6) is 0 Å². The van der Waals surface area contributed by atoms with Gasteiger partial charge in [-0.2, -0.15) is 0 Å². The lowest BCUT2D eigenvalue weighted by Crippen LogP contribution is -2.54. The number of carbonyl (C=O) groups excluding carboxylic acids is 1. The Morgan fingerprint density at radius 3 is 2.55 bits per heavy atom. The summed E-state index contributed by atoms with van der Waals surface area (Å²) in [6.07, 6.45) is 4.31. The van der Waals surface area contributed by atoms with Crippen molar-refractivity contribution in [2.24, 2.45) is 5.73 Å². The number of benzene rings is 1. The van der Waals surface area contributed by atoms with E-state index in [0.29, 0.717) is 24.5 Å². The highest BCUT2D eigenvalue weighted by molar-refractivity contribution is 6.30. The van der Waals surface area contributed by atoms with E-state index in [1.807, 2.05) is 29.2 Å². The SMILES string of the molecule is CC1(C)CCc2ncnc(N3CCN(C(=O)[C@H](N)Cc4ccc(Cl)cc4)CC3)c21. The third kappa shape index (κ3) is 4.09. The minimum atomic E-state index is -0.537. The van der Waals surface area contributed by atoms with Crippen molar-refractivity contribution in [1.82, 2.24) is 14.9 Å². The van der Waals surface area contributed by atoms with Gasteiger partial charge in [0, 0.05) is 42.5 Å². The van der Waals surface area contributed by atoms with Gasteiger partial charge in [-0.25, -0.2) is 9.97 Å². The molecule has 0 radical (unpaired) electrons. The van der Waals surface area contributed by atoms with Crippen molar-refractivity contribution in [2.75, 3.05) is 31.1 Å². The van der Waals surface area contributed by atoms with E-state index in [0.717, 1.165) is 37.3 Å². The van der Waals surface area contributed by atoms with E-state index in [4.69, 9.17) is 17.3 Å². The lowest BCUT2D eigenvalue weighted by atomic mass is 9.87. The van der Waals surface area contributed by atoms with Crippen molar-refractivity contribution < 1.29 is 4.79 Å². The number of nitrogens with zero attached hydrogens (tertiary/aromatic N) is 4. The summed E-state index contributed by atoms with van der Waals surface area (Å²) in [5.74, 6) is 1.04.